The van der Waals surface area contributed by atoms with Crippen molar-refractivity contribution in [3.05, 3.63) is 105 Å². The number of nitrogens with one attached hydrogen (secondary N) is 2. The molecule has 5 rings (SSSR count). The molecule has 4 aromatic rings. The summed E-state index contributed by atoms with van der Waals surface area (Å²) in [6.45, 7) is 0. The fraction of sp³-hybridized carbons (Fsp3) is 0. The van der Waals surface area contributed by atoms with Gasteiger partial charge in [-0.3, -0.25) is 18.7 Å². The molecule has 0 radical (unpaired) electrons. The van der Waals surface area contributed by atoms with Crippen molar-refractivity contribution in [1.82, 2.24) is 0 Å². The number of carbonyl (C=O) groups excluding carboxylic acids is 2. The van der Waals surface area contributed by atoms with Crippen molar-refractivity contribution >= 4 is 97.3 Å². The Labute approximate surface area is 285 Å². The van der Waals surface area contributed by atoms with Crippen LogP contribution in [0.5, 0.6) is 0 Å². The number of benzene rings is 4. The lowest BCUT2D eigenvalue weighted by atomic mass is 10.0. The lowest BCUT2D eigenvalue weighted by molar-refractivity contribution is -0.112. The summed E-state index contributed by atoms with van der Waals surface area (Å²) in [5.74, 6) is -1.72. The van der Waals surface area contributed by atoms with Crippen molar-refractivity contribution in [2.45, 2.75) is 19.6 Å². The van der Waals surface area contributed by atoms with Crippen LogP contribution in [0.3, 0.4) is 0 Å². The molecule has 1 aliphatic heterocycles. The first-order valence-corrected chi connectivity index (χ1v) is 18.9. The van der Waals surface area contributed by atoms with E-state index < -0.39 is 72.8 Å². The van der Waals surface area contributed by atoms with Crippen molar-refractivity contribution in [2.24, 2.45) is 0 Å². The predicted octanol–water partition coefficient (Wildman–Crippen LogP) is 5.82. The van der Waals surface area contributed by atoms with Gasteiger partial charge in [0.2, 0.25) is 21.7 Å². The summed E-state index contributed by atoms with van der Waals surface area (Å²) in [6.07, 6.45) is 4.95. The Kier molecular flexibility index (Phi) is 9.44. The van der Waals surface area contributed by atoms with Gasteiger partial charge >= 0.3 is 0 Å². The summed E-state index contributed by atoms with van der Waals surface area (Å²) in [5, 5.41) is 4.51. The van der Waals surface area contributed by atoms with Gasteiger partial charge < -0.3 is 10.6 Å². The van der Waals surface area contributed by atoms with Gasteiger partial charge in [0.1, 0.15) is 9.79 Å². The van der Waals surface area contributed by atoms with Gasteiger partial charge in [-0.15, -0.1) is 0 Å². The SMILES string of the molecule is O=C(C=Cc1ccc(Br)cc1)Nc1cc2c(cc1S(=O)(=O)O)-c1cc(S(=O)(=O)O)c(NC(=O)C=Cc3ccc(Br)cc3)cc1S2(=O)=O. The van der Waals surface area contributed by atoms with Gasteiger partial charge in [-0.1, -0.05) is 56.1 Å². The summed E-state index contributed by atoms with van der Waals surface area (Å²) in [4.78, 5) is 22.6. The summed E-state index contributed by atoms with van der Waals surface area (Å²) in [6, 6.07) is 16.8. The molecule has 0 saturated heterocycles. The highest BCUT2D eigenvalue weighted by Crippen LogP contribution is 2.48. The molecular formula is C30H20Br2N2O10S3. The van der Waals surface area contributed by atoms with Gasteiger partial charge in [-0.2, -0.15) is 16.8 Å². The van der Waals surface area contributed by atoms with Crippen LogP contribution in [0.15, 0.2) is 113 Å². The van der Waals surface area contributed by atoms with Crippen LogP contribution in [-0.2, 0) is 39.7 Å². The summed E-state index contributed by atoms with van der Waals surface area (Å²) >= 11 is 6.57. The lowest BCUT2D eigenvalue weighted by Crippen LogP contribution is -2.13. The standard InChI is InChI=1S/C30H20Br2N2O10S3/c31-19-7-1-17(2-8-19)5-11-29(35)33-23-15-25-21(13-27(23)46(39,40)41)22-14-28(47(42,43)44)24(16-26(22)45(25,37)38)34-30(36)12-6-18-3-9-20(32)10-4-18/h1-16H,(H,33,35)(H,34,36)(H,39,40,41)(H,42,43,44). The summed E-state index contributed by atoms with van der Waals surface area (Å²) < 4.78 is 98.2. The zero-order valence-corrected chi connectivity index (χ0v) is 29.0. The van der Waals surface area contributed by atoms with Crippen molar-refractivity contribution in [1.29, 1.82) is 0 Å². The van der Waals surface area contributed by atoms with Crippen molar-refractivity contribution in [3.63, 3.8) is 0 Å². The van der Waals surface area contributed by atoms with E-state index in [1.807, 2.05) is 0 Å². The Morgan fingerprint density at radius 1 is 0.617 bits per heavy atom. The van der Waals surface area contributed by atoms with Crippen LogP contribution in [0.25, 0.3) is 23.3 Å². The number of sulfone groups is 1. The highest BCUT2D eigenvalue weighted by Gasteiger charge is 2.38. The quantitative estimate of drug-likeness (QED) is 0.109. The third-order valence-corrected chi connectivity index (χ3v) is 11.4. The van der Waals surface area contributed by atoms with Crippen LogP contribution in [0.2, 0.25) is 0 Å². The molecule has 2 amide bonds. The number of fused-ring (bicyclic) bond motifs is 3. The smallest absolute Gasteiger partial charge is 0.296 e. The molecular weight excluding hydrogens is 804 g/mol. The molecule has 12 nitrogen and oxygen atoms in total. The van der Waals surface area contributed by atoms with Crippen LogP contribution >= 0.6 is 31.9 Å². The molecule has 0 aliphatic carbocycles. The van der Waals surface area contributed by atoms with Crippen LogP contribution in [-0.4, -0.2) is 46.2 Å². The van der Waals surface area contributed by atoms with E-state index in [0.717, 1.165) is 45.4 Å². The van der Waals surface area contributed by atoms with Crippen molar-refractivity contribution in [3.8, 4) is 11.1 Å². The minimum absolute atomic E-state index is 0.339. The Hall–Kier alpha value is -3.97. The second-order valence-electron chi connectivity index (χ2n) is 9.89. The van der Waals surface area contributed by atoms with Gasteiger partial charge in [0.05, 0.1) is 21.2 Å². The Balaban J connectivity index is 1.55. The molecule has 4 N–H and O–H groups in total. The number of halogens is 2. The van der Waals surface area contributed by atoms with Crippen LogP contribution in [0.1, 0.15) is 11.1 Å². The molecule has 1 aliphatic rings. The van der Waals surface area contributed by atoms with E-state index in [-0.39, 0.29) is 11.1 Å². The van der Waals surface area contributed by atoms with Crippen LogP contribution in [0.4, 0.5) is 11.4 Å². The van der Waals surface area contributed by atoms with E-state index in [4.69, 9.17) is 0 Å². The average Bonchev–Trinajstić information content (AvgIpc) is 3.20. The van der Waals surface area contributed by atoms with Gasteiger partial charge in [0, 0.05) is 32.2 Å². The average molecular weight is 825 g/mol. The number of rotatable bonds is 8. The molecule has 242 valence electrons. The molecule has 4 aromatic carbocycles. The van der Waals surface area contributed by atoms with E-state index in [1.165, 1.54) is 12.2 Å². The van der Waals surface area contributed by atoms with E-state index >= 15 is 0 Å². The third kappa shape index (κ3) is 7.62. The second kappa shape index (κ2) is 12.9. The number of amides is 2. The second-order valence-corrected chi connectivity index (χ2v) is 16.4. The molecule has 1 heterocycles. The normalized spacial score (nSPS) is 13.8. The van der Waals surface area contributed by atoms with Crippen molar-refractivity contribution < 1.29 is 43.9 Å². The zero-order valence-electron chi connectivity index (χ0n) is 23.4. The van der Waals surface area contributed by atoms with E-state index in [9.17, 15) is 43.9 Å². The molecule has 0 unspecified atom stereocenters. The number of hydrogen-bond acceptors (Lipinski definition) is 8. The van der Waals surface area contributed by atoms with Gasteiger partial charge in [0.25, 0.3) is 20.2 Å². The maximum Gasteiger partial charge on any atom is 0.296 e. The van der Waals surface area contributed by atoms with Crippen LogP contribution < -0.4 is 10.6 Å². The minimum Gasteiger partial charge on any atom is -0.321 e. The number of carbonyl (C=O) groups is 2. The Morgan fingerprint density at radius 2 is 0.957 bits per heavy atom. The molecule has 0 fully saturated rings. The Bertz CT molecular complexity index is 2190. The first-order valence-electron chi connectivity index (χ1n) is 13.0. The fourth-order valence-corrected chi connectivity index (χ4v) is 8.10. The molecule has 0 saturated carbocycles. The lowest BCUT2D eigenvalue weighted by Gasteiger charge is -2.12. The molecule has 0 spiro atoms. The van der Waals surface area contributed by atoms with E-state index in [2.05, 4.69) is 42.5 Å². The molecule has 17 heteroatoms. The highest BCUT2D eigenvalue weighted by molar-refractivity contribution is 9.10. The number of anilines is 2. The van der Waals surface area contributed by atoms with Gasteiger partial charge in [-0.05, 0) is 71.8 Å². The maximum absolute atomic E-state index is 13.7. The Morgan fingerprint density at radius 3 is 1.28 bits per heavy atom. The third-order valence-electron chi connectivity index (χ3n) is 6.70. The van der Waals surface area contributed by atoms with Gasteiger partial charge in [0.15, 0.2) is 0 Å². The molecule has 0 aromatic heterocycles. The molecule has 0 atom stereocenters. The maximum atomic E-state index is 13.7. The summed E-state index contributed by atoms with van der Waals surface area (Å²) in [5.41, 5.74) is -0.592. The van der Waals surface area contributed by atoms with Crippen molar-refractivity contribution in [2.75, 3.05) is 10.6 Å². The topological polar surface area (TPSA) is 201 Å². The number of hydrogen-bond donors (Lipinski definition) is 4. The monoisotopic (exact) mass is 822 g/mol. The van der Waals surface area contributed by atoms with Crippen LogP contribution in [0, 0.1) is 0 Å². The first kappa shape index (κ1) is 34.4. The fourth-order valence-electron chi connectivity index (χ4n) is 4.57. The molecule has 47 heavy (non-hydrogen) atoms. The zero-order chi connectivity index (χ0) is 34.3. The molecule has 0 bridgehead atoms. The first-order chi connectivity index (χ1) is 21.9. The van der Waals surface area contributed by atoms with E-state index in [0.29, 0.717) is 11.1 Å². The van der Waals surface area contributed by atoms with Gasteiger partial charge in [-0.25, -0.2) is 8.42 Å². The van der Waals surface area contributed by atoms with E-state index in [1.54, 1.807) is 48.5 Å². The summed E-state index contributed by atoms with van der Waals surface area (Å²) in [7, 11) is -14.7. The highest BCUT2D eigenvalue weighted by atomic mass is 79.9. The predicted molar refractivity (Wildman–Crippen MR) is 181 cm³/mol. The largest absolute Gasteiger partial charge is 0.321 e. The minimum atomic E-state index is -5.08.